The molecule has 0 aromatic heterocycles. The minimum Gasteiger partial charge on any atom is -0.0599 e. The van der Waals surface area contributed by atoms with Gasteiger partial charge in [0, 0.05) is 0 Å². The van der Waals surface area contributed by atoms with Crippen LogP contribution in [-0.2, 0) is 0 Å². The summed E-state index contributed by atoms with van der Waals surface area (Å²) in [6, 6.07) is 0. The van der Waals surface area contributed by atoms with E-state index in [0.717, 1.165) is 11.8 Å². The molecule has 0 atom stereocenters. The van der Waals surface area contributed by atoms with Crippen molar-refractivity contribution in [2.75, 3.05) is 0 Å². The summed E-state index contributed by atoms with van der Waals surface area (Å²) in [4.78, 5) is 0. The highest BCUT2D eigenvalue weighted by atomic mass is 14.3. The molecule has 0 unspecified atom stereocenters. The van der Waals surface area contributed by atoms with Crippen molar-refractivity contribution in [3.05, 3.63) is 0 Å². The summed E-state index contributed by atoms with van der Waals surface area (Å²) >= 11 is 0. The van der Waals surface area contributed by atoms with Crippen molar-refractivity contribution in [2.45, 2.75) is 99.3 Å². The monoisotopic (exact) mass is 266 g/mol. The second-order valence-electron chi connectivity index (χ2n) is 9.05. The second-order valence-corrected chi connectivity index (χ2v) is 9.05. The largest absolute Gasteiger partial charge is 0.0599 e. The average molecular weight is 267 g/mol. The lowest BCUT2D eigenvalue weighted by Crippen LogP contribution is -2.22. The lowest BCUT2D eigenvalue weighted by atomic mass is 9.72. The van der Waals surface area contributed by atoms with Crippen LogP contribution in [0.2, 0.25) is 0 Å². The molecule has 0 aromatic carbocycles. The first kappa shape index (κ1) is 17.1. The van der Waals surface area contributed by atoms with Crippen LogP contribution in [0.3, 0.4) is 0 Å². The molecule has 2 rings (SSSR count). The smallest absolute Gasteiger partial charge is 0.0354 e. The van der Waals surface area contributed by atoms with E-state index in [1.807, 2.05) is 0 Å². The van der Waals surface area contributed by atoms with Crippen LogP contribution in [0.4, 0.5) is 0 Å². The zero-order chi connectivity index (χ0) is 14.5. The molecule has 2 aliphatic rings. The Balaban J connectivity index is 0.000000191. The molecule has 0 nitrogen and oxygen atoms in total. The van der Waals surface area contributed by atoms with Gasteiger partial charge in [0.2, 0.25) is 0 Å². The Morgan fingerprint density at radius 3 is 0.947 bits per heavy atom. The summed E-state index contributed by atoms with van der Waals surface area (Å²) in [6.07, 6.45) is 13.3. The number of rotatable bonds is 0. The van der Waals surface area contributed by atoms with Crippen molar-refractivity contribution < 1.29 is 0 Å². The highest BCUT2D eigenvalue weighted by molar-refractivity contribution is 4.78. The molecule has 0 heteroatoms. The normalized spacial score (nSPS) is 23.1. The van der Waals surface area contributed by atoms with Crippen LogP contribution in [0.1, 0.15) is 99.3 Å². The molecule has 2 fully saturated rings. The van der Waals surface area contributed by atoms with E-state index in [9.17, 15) is 0 Å². The Morgan fingerprint density at radius 2 is 0.737 bits per heavy atom. The lowest BCUT2D eigenvalue weighted by molar-refractivity contribution is 0.180. The van der Waals surface area contributed by atoms with Gasteiger partial charge in [0.05, 0.1) is 0 Å². The minimum atomic E-state index is 0.570. The van der Waals surface area contributed by atoms with Crippen molar-refractivity contribution in [2.24, 2.45) is 22.7 Å². The molecule has 0 heterocycles. The highest BCUT2D eigenvalue weighted by Gasteiger charge is 2.27. The van der Waals surface area contributed by atoms with Gasteiger partial charge in [0.25, 0.3) is 0 Å². The van der Waals surface area contributed by atoms with Gasteiger partial charge in [0.1, 0.15) is 0 Å². The molecule has 0 saturated heterocycles. The van der Waals surface area contributed by atoms with Crippen molar-refractivity contribution in [1.29, 1.82) is 0 Å². The van der Waals surface area contributed by atoms with Crippen molar-refractivity contribution in [3.63, 3.8) is 0 Å². The fraction of sp³-hybridized carbons (Fsp3) is 1.00. The molecular weight excluding hydrogens is 228 g/mol. The molecule has 114 valence electrons. The van der Waals surface area contributed by atoms with Gasteiger partial charge in [-0.1, -0.05) is 73.6 Å². The van der Waals surface area contributed by atoms with Crippen LogP contribution < -0.4 is 0 Å². The molecule has 19 heavy (non-hydrogen) atoms. The molecule has 2 aliphatic carbocycles. The van der Waals surface area contributed by atoms with Crippen LogP contribution in [0.5, 0.6) is 0 Å². The number of hydrogen-bond acceptors (Lipinski definition) is 0. The molecule has 0 aromatic rings. The van der Waals surface area contributed by atoms with Gasteiger partial charge in [-0.15, -0.1) is 0 Å². The Bertz CT molecular complexity index is 226. The fourth-order valence-electron chi connectivity index (χ4n) is 3.76. The van der Waals surface area contributed by atoms with Crippen LogP contribution in [-0.4, -0.2) is 0 Å². The predicted octanol–water partition coefficient (Wildman–Crippen LogP) is 6.84. The molecular formula is C19H38. The van der Waals surface area contributed by atoms with E-state index in [1.54, 1.807) is 0 Å². The van der Waals surface area contributed by atoms with E-state index in [2.05, 4.69) is 41.5 Å². The molecule has 0 bridgehead atoms. The average Bonchev–Trinajstić information content (AvgIpc) is 2.83. The summed E-state index contributed by atoms with van der Waals surface area (Å²) in [7, 11) is 0. The van der Waals surface area contributed by atoms with Crippen LogP contribution in [0.15, 0.2) is 0 Å². The third-order valence-corrected chi connectivity index (χ3v) is 5.41. The van der Waals surface area contributed by atoms with E-state index in [4.69, 9.17) is 0 Å². The molecule has 0 N–H and O–H groups in total. The highest BCUT2D eigenvalue weighted by Crippen LogP contribution is 2.39. The van der Waals surface area contributed by atoms with Gasteiger partial charge in [-0.25, -0.2) is 0 Å². The Labute approximate surface area is 122 Å². The third kappa shape index (κ3) is 6.32. The summed E-state index contributed by atoms with van der Waals surface area (Å²) in [5.74, 6) is 2.01. The molecule has 2 saturated carbocycles. The van der Waals surface area contributed by atoms with Gasteiger partial charge < -0.3 is 0 Å². The minimum absolute atomic E-state index is 0.570. The quantitative estimate of drug-likeness (QED) is 0.450. The SMILES string of the molecule is CC(C)(C)C1CCCC1.CC(C)(C)C1CCCCC1. The topological polar surface area (TPSA) is 0 Å². The first-order valence-electron chi connectivity index (χ1n) is 8.71. The molecule has 0 spiro atoms. The standard InChI is InChI=1S/C10H20.C9H18/c1-10(2,3)9-7-5-4-6-8-9;1-9(2,3)8-6-4-5-7-8/h9H,4-8H2,1-3H3;8H,4-7H2,1-3H3. The van der Waals surface area contributed by atoms with Gasteiger partial charge in [-0.2, -0.15) is 0 Å². The third-order valence-electron chi connectivity index (χ3n) is 5.41. The fourth-order valence-corrected chi connectivity index (χ4v) is 3.76. The predicted molar refractivity (Wildman–Crippen MR) is 87.4 cm³/mol. The van der Waals surface area contributed by atoms with Gasteiger partial charge >= 0.3 is 0 Å². The summed E-state index contributed by atoms with van der Waals surface area (Å²) in [5.41, 5.74) is 1.15. The Morgan fingerprint density at radius 1 is 0.474 bits per heavy atom. The van der Waals surface area contributed by atoms with E-state index in [0.29, 0.717) is 10.8 Å². The van der Waals surface area contributed by atoms with E-state index < -0.39 is 0 Å². The van der Waals surface area contributed by atoms with Crippen LogP contribution in [0.25, 0.3) is 0 Å². The second kappa shape index (κ2) is 7.14. The summed E-state index contributed by atoms with van der Waals surface area (Å²) < 4.78 is 0. The molecule has 0 aliphatic heterocycles. The van der Waals surface area contributed by atoms with Gasteiger partial charge in [-0.3, -0.25) is 0 Å². The molecule has 0 amide bonds. The van der Waals surface area contributed by atoms with Crippen molar-refractivity contribution in [3.8, 4) is 0 Å². The van der Waals surface area contributed by atoms with Gasteiger partial charge in [-0.05, 0) is 48.3 Å². The number of hydrogen-bond donors (Lipinski definition) is 0. The van der Waals surface area contributed by atoms with Crippen LogP contribution in [0, 0.1) is 22.7 Å². The van der Waals surface area contributed by atoms with Crippen molar-refractivity contribution >= 4 is 0 Å². The first-order valence-corrected chi connectivity index (χ1v) is 8.71. The zero-order valence-corrected chi connectivity index (χ0v) is 14.5. The van der Waals surface area contributed by atoms with E-state index in [-0.39, 0.29) is 0 Å². The molecule has 0 radical (unpaired) electrons. The first-order chi connectivity index (χ1) is 8.71. The maximum atomic E-state index is 2.38. The maximum Gasteiger partial charge on any atom is -0.0354 e. The van der Waals surface area contributed by atoms with E-state index >= 15 is 0 Å². The van der Waals surface area contributed by atoms with E-state index in [1.165, 1.54) is 57.8 Å². The zero-order valence-electron chi connectivity index (χ0n) is 14.5. The Kier molecular flexibility index (Phi) is 6.40. The van der Waals surface area contributed by atoms with Crippen molar-refractivity contribution in [1.82, 2.24) is 0 Å². The lowest BCUT2D eigenvalue weighted by Gasteiger charge is -2.33. The Hall–Kier alpha value is 0. The van der Waals surface area contributed by atoms with Crippen LogP contribution >= 0.6 is 0 Å². The summed E-state index contributed by atoms with van der Waals surface area (Å²) in [5, 5.41) is 0. The summed E-state index contributed by atoms with van der Waals surface area (Å²) in [6.45, 7) is 14.2. The van der Waals surface area contributed by atoms with Gasteiger partial charge in [0.15, 0.2) is 0 Å². The maximum absolute atomic E-state index is 2.38.